The van der Waals surface area contributed by atoms with Crippen LogP contribution in [0.3, 0.4) is 0 Å². The first kappa shape index (κ1) is 14.8. The van der Waals surface area contributed by atoms with Crippen molar-refractivity contribution in [3.8, 4) is 0 Å². The zero-order valence-corrected chi connectivity index (χ0v) is 13.1. The van der Waals surface area contributed by atoms with Crippen LogP contribution in [-0.2, 0) is 6.42 Å². The Morgan fingerprint density at radius 3 is 2.58 bits per heavy atom. The summed E-state index contributed by atoms with van der Waals surface area (Å²) in [4.78, 5) is 0. The van der Waals surface area contributed by atoms with E-state index in [0.29, 0.717) is 16.5 Å². The molecule has 0 spiro atoms. The number of hydrazine groups is 1. The molecule has 5 heteroatoms. The SMILES string of the molecule is NNC(Cc1cccc(Cl)c1)c1cccc(Br)c1Cl. The second-order valence-corrected chi connectivity index (χ2v) is 5.87. The van der Waals surface area contributed by atoms with Crippen molar-refractivity contribution >= 4 is 39.1 Å². The lowest BCUT2D eigenvalue weighted by molar-refractivity contribution is 0.552. The molecule has 1 unspecified atom stereocenters. The van der Waals surface area contributed by atoms with E-state index in [4.69, 9.17) is 29.0 Å². The molecule has 2 nitrogen and oxygen atoms in total. The van der Waals surface area contributed by atoms with Crippen molar-refractivity contribution in [2.75, 3.05) is 0 Å². The van der Waals surface area contributed by atoms with Gasteiger partial charge in [-0.3, -0.25) is 11.3 Å². The van der Waals surface area contributed by atoms with E-state index in [9.17, 15) is 0 Å². The van der Waals surface area contributed by atoms with Crippen LogP contribution in [0.25, 0.3) is 0 Å². The summed E-state index contributed by atoms with van der Waals surface area (Å²) in [6.07, 6.45) is 0.716. The van der Waals surface area contributed by atoms with Gasteiger partial charge in [-0.15, -0.1) is 0 Å². The Bertz CT molecular complexity index is 575. The number of hydrogen-bond acceptors (Lipinski definition) is 2. The number of hydrogen-bond donors (Lipinski definition) is 2. The topological polar surface area (TPSA) is 38.0 Å². The van der Waals surface area contributed by atoms with Crippen molar-refractivity contribution in [1.29, 1.82) is 0 Å². The van der Waals surface area contributed by atoms with E-state index in [1.54, 1.807) is 0 Å². The van der Waals surface area contributed by atoms with Crippen molar-refractivity contribution in [1.82, 2.24) is 5.43 Å². The van der Waals surface area contributed by atoms with Gasteiger partial charge in [0.2, 0.25) is 0 Å². The molecule has 2 rings (SSSR count). The van der Waals surface area contributed by atoms with E-state index in [2.05, 4.69) is 21.4 Å². The van der Waals surface area contributed by atoms with Crippen LogP contribution in [0.1, 0.15) is 17.2 Å². The summed E-state index contributed by atoms with van der Waals surface area (Å²) < 4.78 is 0.859. The van der Waals surface area contributed by atoms with Crippen molar-refractivity contribution in [3.05, 3.63) is 68.1 Å². The van der Waals surface area contributed by atoms with E-state index in [-0.39, 0.29) is 6.04 Å². The van der Waals surface area contributed by atoms with E-state index in [0.717, 1.165) is 15.6 Å². The Hall–Kier alpha value is -0.580. The molecule has 2 aromatic rings. The number of benzene rings is 2. The third kappa shape index (κ3) is 3.71. The Morgan fingerprint density at radius 2 is 1.89 bits per heavy atom. The Labute approximate surface area is 131 Å². The molecule has 100 valence electrons. The molecule has 0 aliphatic heterocycles. The molecule has 0 bridgehead atoms. The summed E-state index contributed by atoms with van der Waals surface area (Å²) in [7, 11) is 0. The molecule has 0 amide bonds. The molecule has 0 aliphatic rings. The molecule has 1 atom stereocenters. The van der Waals surface area contributed by atoms with Crippen molar-refractivity contribution < 1.29 is 0 Å². The van der Waals surface area contributed by atoms with Crippen molar-refractivity contribution in [2.45, 2.75) is 12.5 Å². The predicted molar refractivity (Wildman–Crippen MR) is 84.4 cm³/mol. The zero-order chi connectivity index (χ0) is 13.8. The quantitative estimate of drug-likeness (QED) is 0.622. The van der Waals surface area contributed by atoms with Crippen LogP contribution < -0.4 is 11.3 Å². The van der Waals surface area contributed by atoms with Crippen LogP contribution in [0.15, 0.2) is 46.9 Å². The lowest BCUT2D eigenvalue weighted by atomic mass is 9.99. The maximum Gasteiger partial charge on any atom is 0.0596 e. The summed E-state index contributed by atoms with van der Waals surface area (Å²) >= 11 is 15.7. The summed E-state index contributed by atoms with van der Waals surface area (Å²) in [6.45, 7) is 0. The average molecular weight is 360 g/mol. The Morgan fingerprint density at radius 1 is 1.16 bits per heavy atom. The largest absolute Gasteiger partial charge is 0.271 e. The normalized spacial score (nSPS) is 12.4. The minimum absolute atomic E-state index is 0.0662. The Kier molecular flexibility index (Phi) is 5.25. The smallest absolute Gasteiger partial charge is 0.0596 e. The van der Waals surface area contributed by atoms with Crippen molar-refractivity contribution in [3.63, 3.8) is 0 Å². The lowest BCUT2D eigenvalue weighted by Gasteiger charge is -2.18. The summed E-state index contributed by atoms with van der Waals surface area (Å²) in [5, 5.41) is 1.39. The van der Waals surface area contributed by atoms with Gasteiger partial charge in [0.25, 0.3) is 0 Å². The molecule has 2 aromatic carbocycles. The van der Waals surface area contributed by atoms with Crippen LogP contribution in [0.2, 0.25) is 10.0 Å². The van der Waals surface area contributed by atoms with Gasteiger partial charge in [-0.25, -0.2) is 0 Å². The number of rotatable bonds is 4. The highest BCUT2D eigenvalue weighted by molar-refractivity contribution is 9.10. The first-order valence-electron chi connectivity index (χ1n) is 5.76. The van der Waals surface area contributed by atoms with E-state index < -0.39 is 0 Å². The second-order valence-electron chi connectivity index (χ2n) is 4.20. The highest BCUT2D eigenvalue weighted by atomic mass is 79.9. The molecule has 0 heterocycles. The lowest BCUT2D eigenvalue weighted by Crippen LogP contribution is -2.29. The van der Waals surface area contributed by atoms with Gasteiger partial charge in [0, 0.05) is 9.50 Å². The van der Waals surface area contributed by atoms with Gasteiger partial charge >= 0.3 is 0 Å². The van der Waals surface area contributed by atoms with E-state index in [1.807, 2.05) is 42.5 Å². The van der Waals surface area contributed by atoms with Crippen LogP contribution in [0.4, 0.5) is 0 Å². The molecular weight excluding hydrogens is 347 g/mol. The summed E-state index contributed by atoms with van der Waals surface area (Å²) in [6, 6.07) is 13.5. The number of nitrogens with two attached hydrogens (primary N) is 1. The monoisotopic (exact) mass is 358 g/mol. The van der Waals surface area contributed by atoms with Gasteiger partial charge < -0.3 is 0 Å². The molecule has 3 N–H and O–H groups in total. The zero-order valence-electron chi connectivity index (χ0n) is 10.0. The average Bonchev–Trinajstić information content (AvgIpc) is 2.40. The highest BCUT2D eigenvalue weighted by Gasteiger charge is 2.15. The minimum Gasteiger partial charge on any atom is -0.271 e. The minimum atomic E-state index is -0.0662. The van der Waals surface area contributed by atoms with Gasteiger partial charge in [-0.1, -0.05) is 47.5 Å². The predicted octanol–water partition coefficient (Wildman–Crippen LogP) is 4.50. The van der Waals surface area contributed by atoms with Crippen LogP contribution in [-0.4, -0.2) is 0 Å². The molecule has 19 heavy (non-hydrogen) atoms. The molecular formula is C14H13BrCl2N2. The van der Waals surface area contributed by atoms with Crippen molar-refractivity contribution in [2.24, 2.45) is 5.84 Å². The standard InChI is InChI=1S/C14H13BrCl2N2/c15-12-6-2-5-11(14(12)17)13(19-18)8-9-3-1-4-10(16)7-9/h1-7,13,19H,8,18H2. The summed E-state index contributed by atoms with van der Waals surface area (Å²) in [5.41, 5.74) is 4.87. The van der Waals surface area contributed by atoms with Crippen LogP contribution >= 0.6 is 39.1 Å². The maximum atomic E-state index is 6.30. The molecule has 0 saturated heterocycles. The third-order valence-electron chi connectivity index (χ3n) is 2.89. The second kappa shape index (κ2) is 6.73. The van der Waals surface area contributed by atoms with Crippen LogP contribution in [0.5, 0.6) is 0 Å². The number of halogens is 3. The van der Waals surface area contributed by atoms with E-state index >= 15 is 0 Å². The first-order chi connectivity index (χ1) is 9.11. The van der Waals surface area contributed by atoms with Gasteiger partial charge in [0.1, 0.15) is 0 Å². The molecule has 0 radical (unpaired) electrons. The van der Waals surface area contributed by atoms with Gasteiger partial charge in [-0.2, -0.15) is 0 Å². The Balaban J connectivity index is 2.28. The molecule has 0 aromatic heterocycles. The first-order valence-corrected chi connectivity index (χ1v) is 7.31. The van der Waals surface area contributed by atoms with Crippen LogP contribution in [0, 0.1) is 0 Å². The molecule has 0 aliphatic carbocycles. The fourth-order valence-corrected chi connectivity index (χ4v) is 2.80. The van der Waals surface area contributed by atoms with Gasteiger partial charge in [-0.05, 0) is 51.7 Å². The van der Waals surface area contributed by atoms with E-state index in [1.165, 1.54) is 0 Å². The highest BCUT2D eigenvalue weighted by Crippen LogP contribution is 2.31. The molecule has 0 fully saturated rings. The fraction of sp³-hybridized carbons (Fsp3) is 0.143. The van der Waals surface area contributed by atoms with Gasteiger partial charge in [0.15, 0.2) is 0 Å². The third-order valence-corrected chi connectivity index (χ3v) is 4.43. The van der Waals surface area contributed by atoms with Gasteiger partial charge in [0.05, 0.1) is 11.1 Å². The maximum absolute atomic E-state index is 6.30. The number of nitrogens with one attached hydrogen (secondary N) is 1. The summed E-state index contributed by atoms with van der Waals surface area (Å²) in [5.74, 6) is 5.65. The molecule has 0 saturated carbocycles. The fourth-order valence-electron chi connectivity index (χ4n) is 1.95.